The number of ether oxygens (including phenoxy) is 1. The van der Waals surface area contributed by atoms with Gasteiger partial charge in [-0.05, 0) is 56.2 Å². The first-order valence-electron chi connectivity index (χ1n) is 14.2. The first-order valence-corrected chi connectivity index (χ1v) is 15.2. The third-order valence-corrected chi connectivity index (χ3v) is 10.4. The molecule has 0 bridgehead atoms. The molecule has 4 aromatic rings. The van der Waals surface area contributed by atoms with Gasteiger partial charge in [-0.1, -0.05) is 12.6 Å². The lowest BCUT2D eigenvalue weighted by atomic mass is 9.88. The zero-order valence-electron chi connectivity index (χ0n) is 23.9. The van der Waals surface area contributed by atoms with Gasteiger partial charge in [0.25, 0.3) is 0 Å². The Labute approximate surface area is 247 Å². The van der Waals surface area contributed by atoms with E-state index in [4.69, 9.17) is 9.72 Å². The van der Waals surface area contributed by atoms with E-state index < -0.39 is 0 Å². The highest BCUT2D eigenvalue weighted by Gasteiger charge is 2.43. The highest BCUT2D eigenvalue weighted by atomic mass is 32.2. The van der Waals surface area contributed by atoms with Crippen LogP contribution in [-0.2, 0) is 16.1 Å². The van der Waals surface area contributed by atoms with Crippen LogP contribution in [0, 0.1) is 18.2 Å². The number of pyridine rings is 1. The zero-order valence-corrected chi connectivity index (χ0v) is 24.7. The normalized spacial score (nSPS) is 21.4. The highest BCUT2D eigenvalue weighted by molar-refractivity contribution is 7.99. The number of hydrogen-bond donors (Lipinski definition) is 0. The maximum Gasteiger partial charge on any atom is 0.350 e. The van der Waals surface area contributed by atoms with Gasteiger partial charge in [0.1, 0.15) is 11.6 Å². The Bertz CT molecular complexity index is 1850. The number of hydrogen-bond acceptors (Lipinski definition) is 7. The van der Waals surface area contributed by atoms with Crippen LogP contribution >= 0.6 is 11.8 Å². The molecule has 216 valence electrons. The molecule has 0 aliphatic carbocycles. The monoisotopic (exact) mass is 585 g/mol. The number of fused-ring (bicyclic) bond motifs is 1. The molecule has 42 heavy (non-hydrogen) atoms. The standard InChI is InChI=1S/C32H32FN5O3S/c1-5-26(39)36-12-20(4)37(13-19(36)3)30-23-10-18(2)27(22-6-7-25(33)21-8-9-34-11-24(21)22)29-28(23)38(31(40)35-30)14-32(17-42-29)15-41-16-32/h5-11,19-20H,1,12-17H2,2-4H3/t19-,20+/m1/s1. The molecule has 2 aromatic heterocycles. The number of amides is 1. The summed E-state index contributed by atoms with van der Waals surface area (Å²) in [5, 5.41) is 2.15. The second-order valence-electron chi connectivity index (χ2n) is 11.9. The number of halogens is 1. The summed E-state index contributed by atoms with van der Waals surface area (Å²) in [6.07, 6.45) is 4.67. The quantitative estimate of drug-likeness (QED) is 0.320. The lowest BCUT2D eigenvalue weighted by Crippen LogP contribution is -2.58. The molecular weight excluding hydrogens is 553 g/mol. The number of piperazine rings is 1. The minimum Gasteiger partial charge on any atom is -0.380 e. The lowest BCUT2D eigenvalue weighted by molar-refractivity contribution is -0.128. The SMILES string of the molecule is C=CC(=O)N1C[C@H](C)N(c2nc(=O)n3c4c(c(-c5ccc(F)c6ccncc56)c(C)cc24)SCC2(COC2)C3)C[C@H]1C. The number of benzene rings is 2. The molecule has 3 aliphatic rings. The maximum atomic E-state index is 14.9. The van der Waals surface area contributed by atoms with E-state index in [1.54, 1.807) is 30.2 Å². The van der Waals surface area contributed by atoms with E-state index in [0.29, 0.717) is 44.1 Å². The number of carbonyl (C=O) groups excluding carboxylic acids is 1. The number of rotatable bonds is 3. The Kier molecular flexibility index (Phi) is 6.40. The van der Waals surface area contributed by atoms with Crippen LogP contribution in [0.3, 0.4) is 0 Å². The average molecular weight is 586 g/mol. The minimum atomic E-state index is -0.294. The molecule has 2 aromatic carbocycles. The molecular formula is C32H32FN5O3S. The van der Waals surface area contributed by atoms with Crippen molar-refractivity contribution < 1.29 is 13.9 Å². The molecule has 0 saturated carbocycles. The van der Waals surface area contributed by atoms with Crippen LogP contribution in [0.5, 0.6) is 0 Å². The summed E-state index contributed by atoms with van der Waals surface area (Å²) >= 11 is 1.74. The summed E-state index contributed by atoms with van der Waals surface area (Å²) in [6, 6.07) is 7.01. The van der Waals surface area contributed by atoms with Crippen LogP contribution in [0.4, 0.5) is 10.2 Å². The Hall–Kier alpha value is -3.76. The van der Waals surface area contributed by atoms with Crippen LogP contribution in [-0.4, -0.2) is 69.5 Å². The first kappa shape index (κ1) is 27.1. The van der Waals surface area contributed by atoms with Crippen LogP contribution < -0.4 is 10.6 Å². The predicted octanol–water partition coefficient (Wildman–Crippen LogP) is 4.79. The second-order valence-corrected chi connectivity index (χ2v) is 12.9. The molecule has 2 fully saturated rings. The zero-order chi connectivity index (χ0) is 29.3. The minimum absolute atomic E-state index is 0.0595. The van der Waals surface area contributed by atoms with E-state index in [2.05, 4.69) is 36.4 Å². The van der Waals surface area contributed by atoms with Crippen molar-refractivity contribution in [3.8, 4) is 11.1 Å². The van der Waals surface area contributed by atoms with Crippen LogP contribution in [0.15, 0.2) is 59.0 Å². The second kappa shape index (κ2) is 9.91. The van der Waals surface area contributed by atoms with E-state index >= 15 is 0 Å². The van der Waals surface area contributed by atoms with Gasteiger partial charge in [0, 0.05) is 81.9 Å². The molecule has 8 nitrogen and oxygen atoms in total. The Morgan fingerprint density at radius 3 is 2.71 bits per heavy atom. The fourth-order valence-corrected chi connectivity index (χ4v) is 8.23. The summed E-state index contributed by atoms with van der Waals surface area (Å²) in [7, 11) is 0. The van der Waals surface area contributed by atoms with Gasteiger partial charge in [-0.3, -0.25) is 14.3 Å². The van der Waals surface area contributed by atoms with Crippen molar-refractivity contribution in [2.24, 2.45) is 5.41 Å². The van der Waals surface area contributed by atoms with Gasteiger partial charge >= 0.3 is 5.69 Å². The van der Waals surface area contributed by atoms with Gasteiger partial charge < -0.3 is 14.5 Å². The summed E-state index contributed by atoms with van der Waals surface area (Å²) < 4.78 is 22.3. The maximum absolute atomic E-state index is 14.9. The third-order valence-electron chi connectivity index (χ3n) is 8.98. The van der Waals surface area contributed by atoms with Crippen LogP contribution in [0.2, 0.25) is 0 Å². The fraction of sp³-hybridized carbons (Fsp3) is 0.375. The van der Waals surface area contributed by atoms with Gasteiger partial charge in [0.15, 0.2) is 0 Å². The van der Waals surface area contributed by atoms with Crippen molar-refractivity contribution in [3.63, 3.8) is 0 Å². The summed E-state index contributed by atoms with van der Waals surface area (Å²) in [5.74, 6) is 1.04. The molecule has 0 radical (unpaired) electrons. The summed E-state index contributed by atoms with van der Waals surface area (Å²) in [5.41, 5.74) is 3.29. The molecule has 2 saturated heterocycles. The van der Waals surface area contributed by atoms with E-state index in [1.165, 1.54) is 12.1 Å². The number of carbonyl (C=O) groups is 1. The number of thioether (sulfide) groups is 1. The fourth-order valence-electron chi connectivity index (χ4n) is 6.75. The van der Waals surface area contributed by atoms with Gasteiger partial charge in [-0.15, -0.1) is 11.8 Å². The van der Waals surface area contributed by atoms with Crippen molar-refractivity contribution in [3.05, 3.63) is 71.2 Å². The third kappa shape index (κ3) is 4.06. The molecule has 0 N–H and O–H groups in total. The Morgan fingerprint density at radius 1 is 1.17 bits per heavy atom. The van der Waals surface area contributed by atoms with Gasteiger partial charge in [0.2, 0.25) is 5.91 Å². The topological polar surface area (TPSA) is 80.6 Å². The molecule has 3 aliphatic heterocycles. The highest BCUT2D eigenvalue weighted by Crippen LogP contribution is 2.49. The summed E-state index contributed by atoms with van der Waals surface area (Å²) in [4.78, 5) is 40.5. The molecule has 2 atom stereocenters. The first-order chi connectivity index (χ1) is 20.2. The van der Waals surface area contributed by atoms with Crippen molar-refractivity contribution >= 4 is 45.2 Å². The Balaban J connectivity index is 1.49. The van der Waals surface area contributed by atoms with Crippen molar-refractivity contribution in [1.29, 1.82) is 0 Å². The smallest absolute Gasteiger partial charge is 0.350 e. The van der Waals surface area contributed by atoms with Crippen molar-refractivity contribution in [2.45, 2.75) is 44.3 Å². The van der Waals surface area contributed by atoms with Crippen LogP contribution in [0.1, 0.15) is 19.4 Å². The summed E-state index contributed by atoms with van der Waals surface area (Å²) in [6.45, 7) is 12.6. The Morgan fingerprint density at radius 2 is 1.98 bits per heavy atom. The van der Waals surface area contributed by atoms with Crippen molar-refractivity contribution in [1.82, 2.24) is 19.4 Å². The van der Waals surface area contributed by atoms with E-state index in [-0.39, 0.29) is 34.9 Å². The molecule has 10 heteroatoms. The van der Waals surface area contributed by atoms with E-state index in [1.807, 2.05) is 22.5 Å². The molecule has 1 spiro atoms. The van der Waals surface area contributed by atoms with Crippen LogP contribution in [0.25, 0.3) is 32.8 Å². The molecule has 7 rings (SSSR count). The van der Waals surface area contributed by atoms with E-state index in [0.717, 1.165) is 43.6 Å². The lowest BCUT2D eigenvalue weighted by Gasteiger charge is -2.44. The molecule has 0 unspecified atom stereocenters. The average Bonchev–Trinajstić information content (AvgIpc) is 3.15. The molecule has 5 heterocycles. The number of aryl methyl sites for hydroxylation is 1. The molecule has 1 amide bonds. The van der Waals surface area contributed by atoms with Crippen molar-refractivity contribution in [2.75, 3.05) is 37.0 Å². The number of aromatic nitrogens is 3. The number of anilines is 1. The van der Waals surface area contributed by atoms with Gasteiger partial charge in [0.05, 0.1) is 18.7 Å². The van der Waals surface area contributed by atoms with Gasteiger partial charge in [-0.25, -0.2) is 9.18 Å². The van der Waals surface area contributed by atoms with Gasteiger partial charge in [-0.2, -0.15) is 4.98 Å². The largest absolute Gasteiger partial charge is 0.380 e. The number of nitrogens with zero attached hydrogens (tertiary/aromatic N) is 5. The predicted molar refractivity (Wildman–Crippen MR) is 164 cm³/mol. The van der Waals surface area contributed by atoms with E-state index in [9.17, 15) is 14.0 Å².